The Morgan fingerprint density at radius 2 is 1.95 bits per heavy atom. The van der Waals surface area contributed by atoms with Crippen LogP contribution in [0.15, 0.2) is 0 Å². The Balaban J connectivity index is 1.87. The summed E-state index contributed by atoms with van der Waals surface area (Å²) in [5.41, 5.74) is -0.991. The maximum atomic E-state index is 12.8. The molecule has 3 fully saturated rings. The van der Waals surface area contributed by atoms with Crippen LogP contribution in [0.2, 0.25) is 0 Å². The van der Waals surface area contributed by atoms with E-state index in [2.05, 4.69) is 5.32 Å². The normalized spacial score (nSPS) is 33.6. The standard InChI is InChI=1S/C14H20N2O4/c1-9-8-10(4-7-20-9)16-12(18)14(5-2-3-6-14)11(17)15-13(16)19/h9-10H,2-8H2,1H3,(H,15,17,19). The first-order chi connectivity index (χ1) is 9.54. The Labute approximate surface area is 117 Å². The zero-order chi connectivity index (χ0) is 14.3. The largest absolute Gasteiger partial charge is 0.378 e. The molecule has 6 heteroatoms. The van der Waals surface area contributed by atoms with Gasteiger partial charge in [-0.05, 0) is 32.6 Å². The van der Waals surface area contributed by atoms with Crippen LogP contribution in [0.3, 0.4) is 0 Å². The lowest BCUT2D eigenvalue weighted by Gasteiger charge is -2.42. The number of ether oxygens (including phenoxy) is 1. The van der Waals surface area contributed by atoms with Gasteiger partial charge in [-0.2, -0.15) is 0 Å². The predicted molar refractivity (Wildman–Crippen MR) is 69.7 cm³/mol. The molecule has 0 aromatic carbocycles. The number of nitrogens with one attached hydrogen (secondary N) is 1. The molecule has 0 bridgehead atoms. The van der Waals surface area contributed by atoms with Crippen LogP contribution in [0, 0.1) is 5.41 Å². The highest BCUT2D eigenvalue weighted by molar-refractivity contribution is 6.19. The topological polar surface area (TPSA) is 75.7 Å². The number of rotatable bonds is 1. The summed E-state index contributed by atoms with van der Waals surface area (Å²) < 4.78 is 5.47. The molecule has 20 heavy (non-hydrogen) atoms. The molecular weight excluding hydrogens is 260 g/mol. The van der Waals surface area contributed by atoms with E-state index in [1.54, 1.807) is 0 Å². The average Bonchev–Trinajstić information content (AvgIpc) is 2.87. The van der Waals surface area contributed by atoms with Gasteiger partial charge in [-0.25, -0.2) is 4.79 Å². The van der Waals surface area contributed by atoms with Crippen LogP contribution in [-0.2, 0) is 14.3 Å². The van der Waals surface area contributed by atoms with Crippen molar-refractivity contribution < 1.29 is 19.1 Å². The number of hydrogen-bond donors (Lipinski definition) is 1. The van der Waals surface area contributed by atoms with Gasteiger partial charge in [-0.1, -0.05) is 12.8 Å². The van der Waals surface area contributed by atoms with Crippen molar-refractivity contribution in [1.29, 1.82) is 0 Å². The van der Waals surface area contributed by atoms with Crippen LogP contribution in [0.25, 0.3) is 0 Å². The molecule has 1 saturated carbocycles. The lowest BCUT2D eigenvalue weighted by molar-refractivity contribution is -0.154. The lowest BCUT2D eigenvalue weighted by Crippen LogP contribution is -2.66. The van der Waals surface area contributed by atoms with Crippen molar-refractivity contribution >= 4 is 17.8 Å². The molecule has 1 spiro atoms. The zero-order valence-electron chi connectivity index (χ0n) is 11.7. The van der Waals surface area contributed by atoms with Crippen LogP contribution in [0.1, 0.15) is 45.4 Å². The van der Waals surface area contributed by atoms with Gasteiger partial charge in [0.25, 0.3) is 0 Å². The molecule has 1 N–H and O–H groups in total. The summed E-state index contributed by atoms with van der Waals surface area (Å²) in [5, 5.41) is 2.39. The highest BCUT2D eigenvalue weighted by atomic mass is 16.5. The number of hydrogen-bond acceptors (Lipinski definition) is 4. The molecule has 6 nitrogen and oxygen atoms in total. The molecule has 0 aromatic heterocycles. The first kappa shape index (κ1) is 13.5. The van der Waals surface area contributed by atoms with Crippen molar-refractivity contribution in [3.8, 4) is 0 Å². The summed E-state index contributed by atoms with van der Waals surface area (Å²) in [4.78, 5) is 38.3. The molecule has 0 radical (unpaired) electrons. The monoisotopic (exact) mass is 280 g/mol. The van der Waals surface area contributed by atoms with E-state index < -0.39 is 17.4 Å². The lowest BCUT2D eigenvalue weighted by atomic mass is 9.81. The van der Waals surface area contributed by atoms with Gasteiger partial charge in [0.05, 0.1) is 6.10 Å². The van der Waals surface area contributed by atoms with Gasteiger partial charge in [0.2, 0.25) is 11.8 Å². The minimum Gasteiger partial charge on any atom is -0.378 e. The number of carbonyl (C=O) groups is 3. The van der Waals surface area contributed by atoms with Gasteiger partial charge in [0, 0.05) is 12.6 Å². The highest BCUT2D eigenvalue weighted by Gasteiger charge is 2.56. The first-order valence-electron chi connectivity index (χ1n) is 7.35. The van der Waals surface area contributed by atoms with Crippen LogP contribution in [0.5, 0.6) is 0 Å². The maximum Gasteiger partial charge on any atom is 0.331 e. The summed E-state index contributed by atoms with van der Waals surface area (Å²) in [7, 11) is 0. The molecule has 110 valence electrons. The third-order valence-corrected chi connectivity index (χ3v) is 4.78. The van der Waals surface area contributed by atoms with Crippen LogP contribution in [-0.4, -0.2) is 41.5 Å². The molecule has 3 aliphatic rings. The van der Waals surface area contributed by atoms with Crippen molar-refractivity contribution in [2.45, 2.75) is 57.6 Å². The van der Waals surface area contributed by atoms with Gasteiger partial charge in [0.15, 0.2) is 0 Å². The van der Waals surface area contributed by atoms with E-state index >= 15 is 0 Å². The van der Waals surface area contributed by atoms with E-state index in [4.69, 9.17) is 4.74 Å². The number of amides is 4. The third-order valence-electron chi connectivity index (χ3n) is 4.78. The molecule has 4 amide bonds. The fourth-order valence-electron chi connectivity index (χ4n) is 3.66. The van der Waals surface area contributed by atoms with Crippen molar-refractivity contribution in [1.82, 2.24) is 10.2 Å². The van der Waals surface area contributed by atoms with Crippen LogP contribution >= 0.6 is 0 Å². The van der Waals surface area contributed by atoms with Gasteiger partial charge < -0.3 is 4.74 Å². The number of barbiturate groups is 1. The zero-order valence-corrected chi connectivity index (χ0v) is 11.7. The summed E-state index contributed by atoms with van der Waals surface area (Å²) in [6.07, 6.45) is 4.17. The average molecular weight is 280 g/mol. The van der Waals surface area contributed by atoms with Gasteiger partial charge >= 0.3 is 6.03 Å². The van der Waals surface area contributed by atoms with E-state index in [0.717, 1.165) is 12.8 Å². The second-order valence-electron chi connectivity index (χ2n) is 6.08. The molecule has 2 heterocycles. The van der Waals surface area contributed by atoms with Gasteiger partial charge in [-0.3, -0.25) is 19.8 Å². The second-order valence-corrected chi connectivity index (χ2v) is 6.08. The minimum absolute atomic E-state index is 0.0338. The molecular formula is C14H20N2O4. The van der Waals surface area contributed by atoms with Crippen molar-refractivity contribution in [3.05, 3.63) is 0 Å². The van der Waals surface area contributed by atoms with E-state index in [-0.39, 0.29) is 18.1 Å². The number of imide groups is 2. The number of carbonyl (C=O) groups excluding carboxylic acids is 3. The first-order valence-corrected chi connectivity index (χ1v) is 7.35. The SMILES string of the molecule is CC1CC(N2C(=O)NC(=O)C3(CCCC3)C2=O)CCO1. The number of urea groups is 1. The van der Waals surface area contributed by atoms with E-state index in [9.17, 15) is 14.4 Å². The Hall–Kier alpha value is -1.43. The predicted octanol–water partition coefficient (Wildman–Crippen LogP) is 1.19. The van der Waals surface area contributed by atoms with Crippen LogP contribution in [0.4, 0.5) is 4.79 Å². The molecule has 2 atom stereocenters. The maximum absolute atomic E-state index is 12.8. The minimum atomic E-state index is -0.991. The number of nitrogens with zero attached hydrogens (tertiary/aromatic N) is 1. The van der Waals surface area contributed by atoms with Gasteiger partial charge in [0.1, 0.15) is 5.41 Å². The van der Waals surface area contributed by atoms with Crippen molar-refractivity contribution in [2.75, 3.05) is 6.61 Å². The summed E-state index contributed by atoms with van der Waals surface area (Å²) in [5.74, 6) is -0.691. The van der Waals surface area contributed by atoms with Crippen LogP contribution < -0.4 is 5.32 Å². The van der Waals surface area contributed by atoms with Crippen molar-refractivity contribution in [2.24, 2.45) is 5.41 Å². The molecule has 2 saturated heterocycles. The fraction of sp³-hybridized carbons (Fsp3) is 0.786. The quantitative estimate of drug-likeness (QED) is 0.732. The van der Waals surface area contributed by atoms with Crippen molar-refractivity contribution in [3.63, 3.8) is 0 Å². The summed E-state index contributed by atoms with van der Waals surface area (Å²) in [6.45, 7) is 2.48. The smallest absolute Gasteiger partial charge is 0.331 e. The Bertz CT molecular complexity index is 456. The summed E-state index contributed by atoms with van der Waals surface area (Å²) in [6, 6.07) is -0.714. The summed E-state index contributed by atoms with van der Waals surface area (Å²) >= 11 is 0. The molecule has 2 unspecified atom stereocenters. The second kappa shape index (κ2) is 4.84. The molecule has 0 aromatic rings. The molecule has 3 rings (SSSR count). The Morgan fingerprint density at radius 3 is 2.60 bits per heavy atom. The third kappa shape index (κ3) is 1.93. The molecule has 2 aliphatic heterocycles. The van der Waals surface area contributed by atoms with E-state index in [0.29, 0.717) is 32.3 Å². The highest BCUT2D eigenvalue weighted by Crippen LogP contribution is 2.42. The fourth-order valence-corrected chi connectivity index (χ4v) is 3.66. The Morgan fingerprint density at radius 1 is 1.25 bits per heavy atom. The molecule has 1 aliphatic carbocycles. The van der Waals surface area contributed by atoms with E-state index in [1.165, 1.54) is 4.90 Å². The van der Waals surface area contributed by atoms with E-state index in [1.807, 2.05) is 6.92 Å². The van der Waals surface area contributed by atoms with Gasteiger partial charge in [-0.15, -0.1) is 0 Å². The Kier molecular flexibility index (Phi) is 3.28.